The maximum atomic E-state index is 12.0. The smallest absolute Gasteiger partial charge is 0.215 e. The highest BCUT2D eigenvalue weighted by atomic mass is 32.2. The Hall–Kier alpha value is -0.910. The molecule has 0 amide bonds. The summed E-state index contributed by atoms with van der Waals surface area (Å²) in [7, 11) is -3.25. The normalized spacial score (nSPS) is 16.9. The number of nitrogens with one attached hydrogen (secondary N) is 1. The van der Waals surface area contributed by atoms with E-state index >= 15 is 0 Å². The Balaban J connectivity index is 1.88. The van der Waals surface area contributed by atoms with Crippen molar-refractivity contribution in [2.24, 2.45) is 5.92 Å². The summed E-state index contributed by atoms with van der Waals surface area (Å²) in [5.74, 6) is 0.511. The first-order chi connectivity index (χ1) is 9.09. The van der Waals surface area contributed by atoms with E-state index in [2.05, 4.69) is 4.72 Å². The van der Waals surface area contributed by atoms with Gasteiger partial charge in [0.2, 0.25) is 10.0 Å². The number of sulfonamides is 1. The monoisotopic (exact) mass is 283 g/mol. The van der Waals surface area contributed by atoms with Gasteiger partial charge in [-0.2, -0.15) is 0 Å². The van der Waals surface area contributed by atoms with E-state index in [9.17, 15) is 8.42 Å². The van der Waals surface area contributed by atoms with Gasteiger partial charge in [0, 0.05) is 6.54 Å². The largest absolute Gasteiger partial charge is 0.392 e. The van der Waals surface area contributed by atoms with Crippen molar-refractivity contribution in [1.29, 1.82) is 0 Å². The van der Waals surface area contributed by atoms with Gasteiger partial charge in [-0.3, -0.25) is 0 Å². The lowest BCUT2D eigenvalue weighted by Crippen LogP contribution is -2.29. The van der Waals surface area contributed by atoms with Crippen LogP contribution in [0.4, 0.5) is 0 Å². The van der Waals surface area contributed by atoms with Crippen LogP contribution in [0.5, 0.6) is 0 Å². The summed E-state index contributed by atoms with van der Waals surface area (Å²) in [6.45, 7) is 0.546. The number of hydrogen-bond acceptors (Lipinski definition) is 3. The molecule has 1 aliphatic rings. The topological polar surface area (TPSA) is 66.4 Å². The summed E-state index contributed by atoms with van der Waals surface area (Å²) in [4.78, 5) is 0. The SMILES string of the molecule is O=S(=O)(Cc1ccc(CO)cc1)NCC1CCCC1. The molecule has 0 unspecified atom stereocenters. The fourth-order valence-corrected chi connectivity index (χ4v) is 3.69. The minimum absolute atomic E-state index is 0.00539. The van der Waals surface area contributed by atoms with Gasteiger partial charge in [0.05, 0.1) is 12.4 Å². The summed E-state index contributed by atoms with van der Waals surface area (Å²) in [5.41, 5.74) is 1.54. The lowest BCUT2D eigenvalue weighted by atomic mass is 10.1. The van der Waals surface area contributed by atoms with Crippen molar-refractivity contribution in [3.63, 3.8) is 0 Å². The van der Waals surface area contributed by atoms with Gasteiger partial charge < -0.3 is 5.11 Å². The molecule has 2 rings (SSSR count). The number of aliphatic hydroxyl groups is 1. The Morgan fingerprint density at radius 1 is 1.11 bits per heavy atom. The van der Waals surface area contributed by atoms with Crippen LogP contribution in [0.2, 0.25) is 0 Å². The van der Waals surface area contributed by atoms with Crippen molar-refractivity contribution in [2.75, 3.05) is 6.54 Å². The maximum Gasteiger partial charge on any atom is 0.215 e. The molecule has 2 N–H and O–H groups in total. The first kappa shape index (κ1) is 14.5. The zero-order valence-corrected chi connectivity index (χ0v) is 11.8. The molecule has 0 heterocycles. The van der Waals surface area contributed by atoms with Gasteiger partial charge in [0.1, 0.15) is 0 Å². The molecule has 19 heavy (non-hydrogen) atoms. The van der Waals surface area contributed by atoms with Crippen molar-refractivity contribution in [2.45, 2.75) is 38.0 Å². The Morgan fingerprint density at radius 3 is 2.26 bits per heavy atom. The molecule has 1 saturated carbocycles. The molecule has 4 nitrogen and oxygen atoms in total. The molecular formula is C14H21NO3S. The van der Waals surface area contributed by atoms with Gasteiger partial charge in [0.15, 0.2) is 0 Å². The van der Waals surface area contributed by atoms with Crippen LogP contribution in [0, 0.1) is 5.92 Å². The van der Waals surface area contributed by atoms with E-state index < -0.39 is 10.0 Å². The Morgan fingerprint density at radius 2 is 1.68 bits per heavy atom. The molecule has 0 spiro atoms. The molecule has 0 aliphatic heterocycles. The fourth-order valence-electron chi connectivity index (χ4n) is 2.47. The van der Waals surface area contributed by atoms with Crippen LogP contribution in [-0.2, 0) is 22.4 Å². The third kappa shape index (κ3) is 4.60. The second kappa shape index (κ2) is 6.50. The molecule has 1 aromatic carbocycles. The average Bonchev–Trinajstić information content (AvgIpc) is 2.90. The second-order valence-corrected chi connectivity index (χ2v) is 7.04. The lowest BCUT2D eigenvalue weighted by Gasteiger charge is -2.11. The van der Waals surface area contributed by atoms with E-state index in [1.165, 1.54) is 12.8 Å². The van der Waals surface area contributed by atoms with E-state index in [1.807, 2.05) is 0 Å². The zero-order chi connectivity index (χ0) is 13.7. The van der Waals surface area contributed by atoms with Gasteiger partial charge in [-0.15, -0.1) is 0 Å². The van der Waals surface area contributed by atoms with Gasteiger partial charge in [0.25, 0.3) is 0 Å². The lowest BCUT2D eigenvalue weighted by molar-refractivity contribution is 0.282. The van der Waals surface area contributed by atoms with Crippen LogP contribution >= 0.6 is 0 Å². The Kier molecular flexibility index (Phi) is 4.96. The molecule has 5 heteroatoms. The number of hydrogen-bond donors (Lipinski definition) is 2. The zero-order valence-electron chi connectivity index (χ0n) is 11.0. The van der Waals surface area contributed by atoms with Crippen LogP contribution in [0.1, 0.15) is 36.8 Å². The maximum absolute atomic E-state index is 12.0. The standard InChI is InChI=1S/C14H21NO3S/c16-10-13-5-7-14(8-6-13)11-19(17,18)15-9-12-3-1-2-4-12/h5-8,12,15-16H,1-4,9-11H2. The first-order valence-corrected chi connectivity index (χ1v) is 8.40. The number of aliphatic hydroxyl groups excluding tert-OH is 1. The minimum Gasteiger partial charge on any atom is -0.392 e. The molecule has 0 saturated heterocycles. The van der Waals surface area contributed by atoms with Gasteiger partial charge in [-0.25, -0.2) is 13.1 Å². The summed E-state index contributed by atoms with van der Waals surface area (Å²) < 4.78 is 26.6. The molecule has 0 atom stereocenters. The van der Waals surface area contributed by atoms with E-state index in [0.717, 1.165) is 24.0 Å². The molecule has 0 radical (unpaired) electrons. The quantitative estimate of drug-likeness (QED) is 0.836. The van der Waals surface area contributed by atoms with Crippen molar-refractivity contribution >= 4 is 10.0 Å². The third-order valence-corrected chi connectivity index (χ3v) is 4.95. The van der Waals surface area contributed by atoms with Crippen LogP contribution in [0.3, 0.4) is 0 Å². The molecular weight excluding hydrogens is 262 g/mol. The number of benzene rings is 1. The Bertz CT molecular complexity index is 490. The van der Waals surface area contributed by atoms with Crippen LogP contribution in [0.15, 0.2) is 24.3 Å². The van der Waals surface area contributed by atoms with E-state index in [1.54, 1.807) is 24.3 Å². The molecule has 1 fully saturated rings. The molecule has 0 aromatic heterocycles. The highest BCUT2D eigenvalue weighted by Crippen LogP contribution is 2.24. The second-order valence-electron chi connectivity index (χ2n) is 5.23. The van der Waals surface area contributed by atoms with E-state index in [-0.39, 0.29) is 12.4 Å². The Labute approximate surface area is 114 Å². The highest BCUT2D eigenvalue weighted by molar-refractivity contribution is 7.88. The van der Waals surface area contributed by atoms with Crippen LogP contribution < -0.4 is 4.72 Å². The summed E-state index contributed by atoms with van der Waals surface area (Å²) >= 11 is 0. The summed E-state index contributed by atoms with van der Waals surface area (Å²) in [5, 5.41) is 8.94. The van der Waals surface area contributed by atoms with Gasteiger partial charge >= 0.3 is 0 Å². The van der Waals surface area contributed by atoms with Gasteiger partial charge in [-0.1, -0.05) is 37.1 Å². The fraction of sp³-hybridized carbons (Fsp3) is 0.571. The van der Waals surface area contributed by atoms with Crippen molar-refractivity contribution in [3.05, 3.63) is 35.4 Å². The summed E-state index contributed by atoms with van der Waals surface area (Å²) in [6, 6.07) is 7.00. The predicted molar refractivity (Wildman–Crippen MR) is 74.9 cm³/mol. The van der Waals surface area contributed by atoms with Crippen molar-refractivity contribution < 1.29 is 13.5 Å². The summed E-state index contributed by atoms with van der Waals surface area (Å²) in [6.07, 6.45) is 4.70. The van der Waals surface area contributed by atoms with Crippen LogP contribution in [-0.4, -0.2) is 20.1 Å². The van der Waals surface area contributed by atoms with Crippen LogP contribution in [0.25, 0.3) is 0 Å². The first-order valence-electron chi connectivity index (χ1n) is 6.75. The highest BCUT2D eigenvalue weighted by Gasteiger charge is 2.18. The van der Waals surface area contributed by atoms with Crippen molar-refractivity contribution in [1.82, 2.24) is 4.72 Å². The molecule has 1 aromatic rings. The molecule has 1 aliphatic carbocycles. The molecule has 106 valence electrons. The minimum atomic E-state index is -3.25. The van der Waals surface area contributed by atoms with Gasteiger partial charge in [-0.05, 0) is 29.9 Å². The van der Waals surface area contributed by atoms with E-state index in [0.29, 0.717) is 12.5 Å². The average molecular weight is 283 g/mol. The third-order valence-electron chi connectivity index (χ3n) is 3.63. The van der Waals surface area contributed by atoms with E-state index in [4.69, 9.17) is 5.11 Å². The predicted octanol–water partition coefficient (Wildman–Crippen LogP) is 1.79. The molecule has 0 bridgehead atoms. The van der Waals surface area contributed by atoms with Crippen molar-refractivity contribution in [3.8, 4) is 0 Å². The number of rotatable bonds is 6.